The topological polar surface area (TPSA) is 35.5 Å². The fourth-order valence-electron chi connectivity index (χ4n) is 2.21. The Morgan fingerprint density at radius 2 is 2.05 bits per heavy atom. The van der Waals surface area contributed by atoms with Gasteiger partial charge in [0.15, 0.2) is 0 Å². The summed E-state index contributed by atoms with van der Waals surface area (Å²) in [6.45, 7) is 10.1. The van der Waals surface area contributed by atoms with Crippen molar-refractivity contribution in [1.82, 2.24) is 5.32 Å². The maximum atomic E-state index is 9.20. The van der Waals surface area contributed by atoms with E-state index >= 15 is 0 Å². The number of unbranched alkanes of at least 4 members (excludes halogenated alkanes) is 1. The van der Waals surface area contributed by atoms with Gasteiger partial charge in [-0.05, 0) is 36.6 Å². The number of benzene rings is 1. The third-order valence-corrected chi connectivity index (χ3v) is 3.77. The predicted molar refractivity (Wildman–Crippen MR) is 92.2 cm³/mol. The fourth-order valence-corrected chi connectivity index (χ4v) is 2.45. The highest BCUT2D eigenvalue weighted by atomic mass is 35.5. The van der Waals surface area contributed by atoms with Crippen LogP contribution in [0.15, 0.2) is 18.2 Å². The van der Waals surface area contributed by atoms with Crippen LogP contribution in [0.5, 0.6) is 0 Å². The third-order valence-electron chi connectivity index (χ3n) is 3.42. The number of rotatable bonds is 10. The van der Waals surface area contributed by atoms with Crippen LogP contribution >= 0.6 is 11.6 Å². The monoisotopic (exact) mass is 312 g/mol. The first-order chi connectivity index (χ1) is 10.1. The molecule has 0 saturated carbocycles. The molecule has 4 heteroatoms. The molecule has 0 aromatic heterocycles. The lowest BCUT2D eigenvalue weighted by atomic mass is 10.1. The van der Waals surface area contributed by atoms with Crippen LogP contribution in [-0.2, 0) is 6.54 Å². The number of hydrogen-bond acceptors (Lipinski definition) is 3. The molecule has 120 valence electrons. The highest BCUT2D eigenvalue weighted by Gasteiger charge is 2.08. The lowest BCUT2D eigenvalue weighted by molar-refractivity contribution is 0.301. The number of nitrogens with one attached hydrogen (secondary N) is 1. The van der Waals surface area contributed by atoms with Crippen LogP contribution in [0.2, 0.25) is 5.02 Å². The van der Waals surface area contributed by atoms with E-state index in [-0.39, 0.29) is 6.61 Å². The van der Waals surface area contributed by atoms with Gasteiger partial charge in [-0.25, -0.2) is 0 Å². The summed E-state index contributed by atoms with van der Waals surface area (Å²) in [5, 5.41) is 13.4. The number of aliphatic hydroxyl groups is 1. The minimum Gasteiger partial charge on any atom is -0.395 e. The molecule has 1 aromatic carbocycles. The minimum atomic E-state index is 0.166. The number of hydrogen-bond donors (Lipinski definition) is 2. The van der Waals surface area contributed by atoms with E-state index in [0.717, 1.165) is 48.7 Å². The smallest absolute Gasteiger partial charge is 0.0606 e. The van der Waals surface area contributed by atoms with Gasteiger partial charge in [-0.1, -0.05) is 44.9 Å². The van der Waals surface area contributed by atoms with Crippen LogP contribution in [0.1, 0.15) is 39.2 Å². The lowest BCUT2D eigenvalue weighted by Gasteiger charge is -2.24. The molecule has 0 unspecified atom stereocenters. The van der Waals surface area contributed by atoms with E-state index in [1.807, 2.05) is 6.07 Å². The second-order valence-electron chi connectivity index (χ2n) is 5.86. The standard InChI is InChI=1S/C17H29ClN2O/c1-4-5-8-20(9-10-21)16-7-6-15(17(18)11-16)13-19-12-14(2)3/h6-7,11,14,19,21H,4-5,8-10,12-13H2,1-3H3. The van der Waals surface area contributed by atoms with Crippen molar-refractivity contribution in [3.05, 3.63) is 28.8 Å². The first kappa shape index (κ1) is 18.3. The molecular weight excluding hydrogens is 284 g/mol. The summed E-state index contributed by atoms with van der Waals surface area (Å²) in [6.07, 6.45) is 2.27. The molecule has 0 radical (unpaired) electrons. The number of aliphatic hydroxyl groups excluding tert-OH is 1. The van der Waals surface area contributed by atoms with Gasteiger partial charge in [0, 0.05) is 30.3 Å². The zero-order valence-electron chi connectivity index (χ0n) is 13.5. The van der Waals surface area contributed by atoms with Crippen molar-refractivity contribution in [2.24, 2.45) is 5.92 Å². The van der Waals surface area contributed by atoms with Gasteiger partial charge in [0.25, 0.3) is 0 Å². The minimum absolute atomic E-state index is 0.166. The third kappa shape index (κ3) is 6.68. The van der Waals surface area contributed by atoms with E-state index in [9.17, 15) is 5.11 Å². The van der Waals surface area contributed by atoms with E-state index < -0.39 is 0 Å². The molecule has 0 amide bonds. The molecule has 21 heavy (non-hydrogen) atoms. The summed E-state index contributed by atoms with van der Waals surface area (Å²) in [4.78, 5) is 2.20. The number of anilines is 1. The van der Waals surface area contributed by atoms with Crippen LogP contribution in [0.4, 0.5) is 5.69 Å². The van der Waals surface area contributed by atoms with Crippen molar-refractivity contribution >= 4 is 17.3 Å². The highest BCUT2D eigenvalue weighted by Crippen LogP contribution is 2.24. The number of nitrogens with zero attached hydrogens (tertiary/aromatic N) is 1. The van der Waals surface area contributed by atoms with Gasteiger partial charge in [0.1, 0.15) is 0 Å². The van der Waals surface area contributed by atoms with Gasteiger partial charge in [0.2, 0.25) is 0 Å². The summed E-state index contributed by atoms with van der Waals surface area (Å²) >= 11 is 6.39. The molecule has 0 spiro atoms. The Morgan fingerprint density at radius 1 is 1.29 bits per heavy atom. The molecule has 0 aliphatic heterocycles. The summed E-state index contributed by atoms with van der Waals surface area (Å²) < 4.78 is 0. The molecule has 0 fully saturated rings. The molecule has 0 aliphatic rings. The van der Waals surface area contributed by atoms with E-state index in [0.29, 0.717) is 12.5 Å². The molecule has 2 N–H and O–H groups in total. The molecular formula is C17H29ClN2O. The lowest BCUT2D eigenvalue weighted by Crippen LogP contribution is -2.27. The van der Waals surface area contributed by atoms with Gasteiger partial charge < -0.3 is 15.3 Å². The molecule has 0 saturated heterocycles. The van der Waals surface area contributed by atoms with Crippen LogP contribution in [-0.4, -0.2) is 31.3 Å². The van der Waals surface area contributed by atoms with Crippen molar-refractivity contribution in [1.29, 1.82) is 0 Å². The van der Waals surface area contributed by atoms with E-state index in [2.05, 4.69) is 43.1 Å². The molecule has 0 bridgehead atoms. The molecule has 0 heterocycles. The largest absolute Gasteiger partial charge is 0.395 e. The Bertz CT molecular complexity index is 410. The van der Waals surface area contributed by atoms with Gasteiger partial charge in [0.05, 0.1) is 6.61 Å². The zero-order valence-corrected chi connectivity index (χ0v) is 14.3. The van der Waals surface area contributed by atoms with Gasteiger partial charge in [-0.3, -0.25) is 0 Å². The highest BCUT2D eigenvalue weighted by molar-refractivity contribution is 6.31. The molecule has 0 aliphatic carbocycles. The Labute approximate surface area is 134 Å². The van der Waals surface area contributed by atoms with E-state index in [4.69, 9.17) is 11.6 Å². The predicted octanol–water partition coefficient (Wildman–Crippen LogP) is 3.68. The summed E-state index contributed by atoms with van der Waals surface area (Å²) in [5.74, 6) is 0.636. The average Bonchev–Trinajstić information content (AvgIpc) is 2.45. The average molecular weight is 313 g/mol. The first-order valence-corrected chi connectivity index (χ1v) is 8.31. The SMILES string of the molecule is CCCCN(CCO)c1ccc(CNCC(C)C)c(Cl)c1. The first-order valence-electron chi connectivity index (χ1n) is 7.93. The quantitative estimate of drug-likeness (QED) is 0.692. The van der Waals surface area contributed by atoms with Crippen molar-refractivity contribution in [2.45, 2.75) is 40.2 Å². The normalized spacial score (nSPS) is 11.1. The van der Waals surface area contributed by atoms with Crippen LogP contribution in [0.25, 0.3) is 0 Å². The van der Waals surface area contributed by atoms with Crippen LogP contribution in [0, 0.1) is 5.92 Å². The Balaban J connectivity index is 2.69. The number of halogens is 1. The van der Waals surface area contributed by atoms with Crippen LogP contribution in [0.3, 0.4) is 0 Å². The molecule has 1 aromatic rings. The van der Waals surface area contributed by atoms with Gasteiger partial charge in [-0.15, -0.1) is 0 Å². The molecule has 3 nitrogen and oxygen atoms in total. The van der Waals surface area contributed by atoms with Gasteiger partial charge >= 0.3 is 0 Å². The van der Waals surface area contributed by atoms with E-state index in [1.54, 1.807) is 0 Å². The molecule has 0 atom stereocenters. The van der Waals surface area contributed by atoms with Crippen molar-refractivity contribution in [3.63, 3.8) is 0 Å². The summed E-state index contributed by atoms with van der Waals surface area (Å²) in [7, 11) is 0. The Morgan fingerprint density at radius 3 is 2.62 bits per heavy atom. The van der Waals surface area contributed by atoms with Gasteiger partial charge in [-0.2, -0.15) is 0 Å². The van der Waals surface area contributed by atoms with Crippen LogP contribution < -0.4 is 10.2 Å². The van der Waals surface area contributed by atoms with Crippen molar-refractivity contribution in [2.75, 3.05) is 31.1 Å². The van der Waals surface area contributed by atoms with Crippen molar-refractivity contribution in [3.8, 4) is 0 Å². The summed E-state index contributed by atoms with van der Waals surface area (Å²) in [5.41, 5.74) is 2.22. The Kier molecular flexibility index (Phi) is 8.74. The zero-order chi connectivity index (χ0) is 15.7. The fraction of sp³-hybridized carbons (Fsp3) is 0.647. The van der Waals surface area contributed by atoms with E-state index in [1.165, 1.54) is 0 Å². The van der Waals surface area contributed by atoms with Crippen molar-refractivity contribution < 1.29 is 5.11 Å². The second kappa shape index (κ2) is 10.0. The second-order valence-corrected chi connectivity index (χ2v) is 6.27. The molecule has 1 rings (SSSR count). The Hall–Kier alpha value is -0.770. The maximum absolute atomic E-state index is 9.20. The summed E-state index contributed by atoms with van der Waals surface area (Å²) in [6, 6.07) is 6.20. The maximum Gasteiger partial charge on any atom is 0.0606 e.